The van der Waals surface area contributed by atoms with E-state index in [0.29, 0.717) is 19.3 Å². The van der Waals surface area contributed by atoms with Crippen molar-refractivity contribution in [3.05, 3.63) is 29.3 Å². The lowest BCUT2D eigenvalue weighted by molar-refractivity contribution is -0.125. The topological polar surface area (TPSA) is 58.2 Å². The van der Waals surface area contributed by atoms with Gasteiger partial charge in [0.2, 0.25) is 12.3 Å². The zero-order chi connectivity index (χ0) is 14.3. The smallest absolute Gasteiger partial charge is 0.226 e. The molecule has 2 N–H and O–H groups in total. The van der Waals surface area contributed by atoms with Gasteiger partial charge in [0, 0.05) is 18.2 Å². The predicted molar refractivity (Wildman–Crippen MR) is 77.1 cm³/mol. The van der Waals surface area contributed by atoms with E-state index in [1.165, 1.54) is 11.1 Å². The van der Waals surface area contributed by atoms with Crippen molar-refractivity contribution in [2.75, 3.05) is 5.32 Å². The van der Waals surface area contributed by atoms with Crippen LogP contribution in [0.5, 0.6) is 0 Å². The molecule has 1 aromatic carbocycles. The van der Waals surface area contributed by atoms with E-state index in [4.69, 9.17) is 0 Å². The molecule has 4 heteroatoms. The van der Waals surface area contributed by atoms with E-state index >= 15 is 0 Å². The lowest BCUT2D eigenvalue weighted by Crippen LogP contribution is -2.24. The maximum atomic E-state index is 11.2. The fraction of sp³-hybridized carbons (Fsp3) is 0.467. The second-order valence-electron chi connectivity index (χ2n) is 4.76. The number of aryl methyl sites for hydroxylation is 2. The molecule has 0 aromatic heterocycles. The molecule has 1 atom stereocenters. The highest BCUT2D eigenvalue weighted by atomic mass is 16.2. The third-order valence-electron chi connectivity index (χ3n) is 3.16. The number of rotatable bonds is 7. The van der Waals surface area contributed by atoms with Crippen LogP contribution in [0.1, 0.15) is 37.8 Å². The third kappa shape index (κ3) is 5.12. The summed E-state index contributed by atoms with van der Waals surface area (Å²) in [5, 5.41) is 5.50. The molecule has 0 heterocycles. The molecule has 0 spiro atoms. The normalized spacial score (nSPS) is 11.7. The van der Waals surface area contributed by atoms with Crippen molar-refractivity contribution < 1.29 is 9.59 Å². The molecule has 1 aromatic rings. The summed E-state index contributed by atoms with van der Waals surface area (Å²) in [4.78, 5) is 21.3. The van der Waals surface area contributed by atoms with E-state index in [9.17, 15) is 9.59 Å². The van der Waals surface area contributed by atoms with Crippen molar-refractivity contribution in [3.63, 3.8) is 0 Å². The molecular weight excluding hydrogens is 240 g/mol. The summed E-state index contributed by atoms with van der Waals surface area (Å²) in [7, 11) is 0. The van der Waals surface area contributed by atoms with Gasteiger partial charge in [-0.25, -0.2) is 0 Å². The molecular formula is C15H22N2O2. The Morgan fingerprint density at radius 1 is 1.42 bits per heavy atom. The summed E-state index contributed by atoms with van der Waals surface area (Å²) in [5.74, 6) is -0.235. The number of imide groups is 1. The first-order chi connectivity index (χ1) is 9.06. The van der Waals surface area contributed by atoms with Crippen LogP contribution in [0, 0.1) is 6.92 Å². The Morgan fingerprint density at radius 3 is 2.74 bits per heavy atom. The highest BCUT2D eigenvalue weighted by Gasteiger charge is 2.07. The molecule has 1 rings (SSSR count). The van der Waals surface area contributed by atoms with Crippen LogP contribution in [-0.4, -0.2) is 18.4 Å². The molecule has 19 heavy (non-hydrogen) atoms. The predicted octanol–water partition coefficient (Wildman–Crippen LogP) is 2.41. The van der Waals surface area contributed by atoms with Crippen molar-refractivity contribution >= 4 is 18.0 Å². The number of hydrogen-bond donors (Lipinski definition) is 2. The molecule has 0 radical (unpaired) electrons. The standard InChI is InChI=1S/C15H22N2O2/c1-4-13-6-7-14(9-11(13)2)17-12(3)5-8-15(19)16-10-18/h6-7,9-10,12,17H,4-5,8H2,1-3H3,(H,16,18,19). The van der Waals surface area contributed by atoms with Crippen molar-refractivity contribution in [2.45, 2.75) is 46.1 Å². The molecule has 0 aliphatic carbocycles. The van der Waals surface area contributed by atoms with Crippen molar-refractivity contribution in [3.8, 4) is 0 Å². The molecule has 0 saturated heterocycles. The van der Waals surface area contributed by atoms with Crippen LogP contribution >= 0.6 is 0 Å². The number of benzene rings is 1. The zero-order valence-corrected chi connectivity index (χ0v) is 11.8. The largest absolute Gasteiger partial charge is 0.383 e. The van der Waals surface area contributed by atoms with Gasteiger partial charge in [0.1, 0.15) is 0 Å². The second kappa shape index (κ2) is 7.56. The van der Waals surface area contributed by atoms with E-state index in [1.807, 2.05) is 6.92 Å². The van der Waals surface area contributed by atoms with Crippen LogP contribution in [-0.2, 0) is 16.0 Å². The van der Waals surface area contributed by atoms with Crippen LogP contribution in [0.3, 0.4) is 0 Å². The molecule has 1 unspecified atom stereocenters. The quantitative estimate of drug-likeness (QED) is 0.742. The third-order valence-corrected chi connectivity index (χ3v) is 3.16. The number of carbonyl (C=O) groups excluding carboxylic acids is 2. The van der Waals surface area contributed by atoms with Gasteiger partial charge in [-0.3, -0.25) is 14.9 Å². The van der Waals surface area contributed by atoms with Crippen LogP contribution in [0.15, 0.2) is 18.2 Å². The Bertz CT molecular complexity index is 444. The molecule has 2 amide bonds. The molecule has 0 bridgehead atoms. The maximum Gasteiger partial charge on any atom is 0.226 e. The van der Waals surface area contributed by atoms with Gasteiger partial charge in [-0.05, 0) is 49.9 Å². The fourth-order valence-electron chi connectivity index (χ4n) is 2.02. The molecule has 0 aliphatic rings. The van der Waals surface area contributed by atoms with Crippen LogP contribution in [0.2, 0.25) is 0 Å². The van der Waals surface area contributed by atoms with Crippen LogP contribution < -0.4 is 10.6 Å². The SMILES string of the molecule is CCc1ccc(NC(C)CCC(=O)NC=O)cc1C. The number of hydrogen-bond acceptors (Lipinski definition) is 3. The summed E-state index contributed by atoms with van der Waals surface area (Å²) >= 11 is 0. The van der Waals surface area contributed by atoms with E-state index in [0.717, 1.165) is 12.1 Å². The van der Waals surface area contributed by atoms with Crippen LogP contribution in [0.25, 0.3) is 0 Å². The first-order valence-electron chi connectivity index (χ1n) is 6.66. The minimum absolute atomic E-state index is 0.185. The van der Waals surface area contributed by atoms with E-state index in [2.05, 4.69) is 42.7 Å². The Hall–Kier alpha value is -1.84. The zero-order valence-electron chi connectivity index (χ0n) is 11.8. The molecule has 0 fully saturated rings. The van der Waals surface area contributed by atoms with Gasteiger partial charge in [-0.1, -0.05) is 13.0 Å². The van der Waals surface area contributed by atoms with E-state index in [1.54, 1.807) is 0 Å². The van der Waals surface area contributed by atoms with Gasteiger partial charge in [-0.15, -0.1) is 0 Å². The first-order valence-corrected chi connectivity index (χ1v) is 6.66. The maximum absolute atomic E-state index is 11.2. The molecule has 104 valence electrons. The first kappa shape index (κ1) is 15.2. The lowest BCUT2D eigenvalue weighted by Gasteiger charge is -2.16. The minimum Gasteiger partial charge on any atom is -0.383 e. The summed E-state index contributed by atoms with van der Waals surface area (Å²) in [6, 6.07) is 6.50. The highest BCUT2D eigenvalue weighted by Crippen LogP contribution is 2.17. The van der Waals surface area contributed by atoms with E-state index in [-0.39, 0.29) is 11.9 Å². The minimum atomic E-state index is -0.235. The van der Waals surface area contributed by atoms with Gasteiger partial charge in [0.05, 0.1) is 0 Å². The fourth-order valence-corrected chi connectivity index (χ4v) is 2.02. The second-order valence-corrected chi connectivity index (χ2v) is 4.76. The number of carbonyl (C=O) groups is 2. The van der Waals surface area contributed by atoms with Crippen LogP contribution in [0.4, 0.5) is 5.69 Å². The summed E-state index contributed by atoms with van der Waals surface area (Å²) in [6.07, 6.45) is 2.49. The van der Waals surface area contributed by atoms with Gasteiger partial charge in [0.25, 0.3) is 0 Å². The summed E-state index contributed by atoms with van der Waals surface area (Å²) in [5.41, 5.74) is 3.69. The highest BCUT2D eigenvalue weighted by molar-refractivity contribution is 5.85. The monoisotopic (exact) mass is 262 g/mol. The lowest BCUT2D eigenvalue weighted by atomic mass is 10.1. The van der Waals surface area contributed by atoms with Crippen molar-refractivity contribution in [1.29, 1.82) is 0 Å². The average Bonchev–Trinajstić information content (AvgIpc) is 2.37. The summed E-state index contributed by atoms with van der Waals surface area (Å²) in [6.45, 7) is 6.27. The van der Waals surface area contributed by atoms with Crippen molar-refractivity contribution in [2.24, 2.45) is 0 Å². The summed E-state index contributed by atoms with van der Waals surface area (Å²) < 4.78 is 0. The molecule has 4 nitrogen and oxygen atoms in total. The van der Waals surface area contributed by atoms with Gasteiger partial charge < -0.3 is 5.32 Å². The van der Waals surface area contributed by atoms with Crippen molar-refractivity contribution in [1.82, 2.24) is 5.32 Å². The Labute approximate surface area is 114 Å². The number of nitrogens with one attached hydrogen (secondary N) is 2. The number of amides is 2. The Morgan fingerprint density at radius 2 is 2.16 bits per heavy atom. The van der Waals surface area contributed by atoms with Gasteiger partial charge >= 0.3 is 0 Å². The van der Waals surface area contributed by atoms with Gasteiger partial charge in [0.15, 0.2) is 0 Å². The Balaban J connectivity index is 2.48. The Kier molecular flexibility index (Phi) is 6.06. The molecule has 0 aliphatic heterocycles. The van der Waals surface area contributed by atoms with E-state index < -0.39 is 0 Å². The molecule has 0 saturated carbocycles. The van der Waals surface area contributed by atoms with Gasteiger partial charge in [-0.2, -0.15) is 0 Å². The average molecular weight is 262 g/mol. The number of anilines is 1.